The highest BCUT2D eigenvalue weighted by Crippen LogP contribution is 1.77. The van der Waals surface area contributed by atoms with Crippen LogP contribution in [-0.2, 0) is 0 Å². The number of aliphatic hydroxyl groups is 1. The van der Waals surface area contributed by atoms with E-state index in [1.165, 1.54) is 0 Å². The minimum Gasteiger partial charge on any atom is -0.390 e. The largest absolute Gasteiger partial charge is 0.390 e. The summed E-state index contributed by atoms with van der Waals surface area (Å²) in [4.78, 5) is 0. The van der Waals surface area contributed by atoms with Crippen LogP contribution in [0.25, 0.3) is 0 Å². The third-order valence-corrected chi connectivity index (χ3v) is 1.25. The molecular formula is C7H18N2O. The smallest absolute Gasteiger partial charge is 0.0788 e. The monoisotopic (exact) mass is 146 g/mol. The molecule has 0 amide bonds. The molecule has 0 aromatic heterocycles. The lowest BCUT2D eigenvalue weighted by Crippen LogP contribution is -2.34. The fraction of sp³-hybridized carbons (Fsp3) is 1.00. The summed E-state index contributed by atoms with van der Waals surface area (Å²) in [6.45, 7) is 4.45. The Kier molecular flexibility index (Phi) is 6.91. The molecule has 0 aromatic rings. The first kappa shape index (κ1) is 9.88. The summed E-state index contributed by atoms with van der Waals surface area (Å²) in [5, 5.41) is 15.2. The first-order chi connectivity index (χ1) is 4.81. The lowest BCUT2D eigenvalue weighted by molar-refractivity contribution is 0.171. The minimum atomic E-state index is -0.253. The molecule has 0 spiro atoms. The van der Waals surface area contributed by atoms with Crippen molar-refractivity contribution in [3.63, 3.8) is 0 Å². The maximum absolute atomic E-state index is 9.15. The molecule has 0 bridgehead atoms. The normalized spacial score (nSPS) is 13.5. The third kappa shape index (κ3) is 6.01. The molecule has 0 fully saturated rings. The number of hydrogen-bond acceptors (Lipinski definition) is 3. The SMILES string of the molecule is CCCNCC(O)CNC. The van der Waals surface area contributed by atoms with E-state index < -0.39 is 0 Å². The van der Waals surface area contributed by atoms with Crippen molar-refractivity contribution in [2.75, 3.05) is 26.7 Å². The van der Waals surface area contributed by atoms with Crippen molar-refractivity contribution in [1.29, 1.82) is 0 Å². The van der Waals surface area contributed by atoms with Gasteiger partial charge in [-0.25, -0.2) is 0 Å². The maximum Gasteiger partial charge on any atom is 0.0788 e. The number of hydrogen-bond donors (Lipinski definition) is 3. The molecule has 0 aliphatic heterocycles. The Hall–Kier alpha value is -0.120. The summed E-state index contributed by atoms with van der Waals surface area (Å²) in [6.07, 6.45) is 0.864. The first-order valence-electron chi connectivity index (χ1n) is 3.84. The second-order valence-corrected chi connectivity index (χ2v) is 2.42. The van der Waals surface area contributed by atoms with Crippen LogP contribution in [0.2, 0.25) is 0 Å². The van der Waals surface area contributed by atoms with Crippen LogP contribution in [0.1, 0.15) is 13.3 Å². The fourth-order valence-electron chi connectivity index (χ4n) is 0.753. The van der Waals surface area contributed by atoms with Crippen LogP contribution in [0, 0.1) is 0 Å². The standard InChI is InChI=1S/C7H18N2O/c1-3-4-9-6-7(10)5-8-2/h7-10H,3-6H2,1-2H3. The Labute approximate surface area is 62.8 Å². The van der Waals surface area contributed by atoms with E-state index in [9.17, 15) is 0 Å². The van der Waals surface area contributed by atoms with Gasteiger partial charge in [-0.1, -0.05) is 6.92 Å². The van der Waals surface area contributed by atoms with E-state index in [1.54, 1.807) is 0 Å². The molecule has 1 unspecified atom stereocenters. The molecule has 0 saturated heterocycles. The van der Waals surface area contributed by atoms with Crippen LogP contribution in [0.3, 0.4) is 0 Å². The Morgan fingerprint density at radius 1 is 1.40 bits per heavy atom. The minimum absolute atomic E-state index is 0.253. The lowest BCUT2D eigenvalue weighted by atomic mass is 10.3. The van der Waals surface area contributed by atoms with Crippen molar-refractivity contribution >= 4 is 0 Å². The Morgan fingerprint density at radius 2 is 2.10 bits per heavy atom. The molecule has 0 aromatic carbocycles. The Bertz CT molecular complexity index is 68.6. The molecular weight excluding hydrogens is 128 g/mol. The summed E-state index contributed by atoms with van der Waals surface area (Å²) >= 11 is 0. The van der Waals surface area contributed by atoms with Crippen molar-refractivity contribution in [3.05, 3.63) is 0 Å². The van der Waals surface area contributed by atoms with Gasteiger partial charge >= 0.3 is 0 Å². The molecule has 0 aliphatic rings. The van der Waals surface area contributed by atoms with Gasteiger partial charge in [0.2, 0.25) is 0 Å². The van der Waals surface area contributed by atoms with Crippen LogP contribution in [0.4, 0.5) is 0 Å². The topological polar surface area (TPSA) is 44.3 Å². The second kappa shape index (κ2) is 6.99. The molecule has 10 heavy (non-hydrogen) atoms. The van der Waals surface area contributed by atoms with Crippen molar-refractivity contribution in [2.24, 2.45) is 0 Å². The van der Waals surface area contributed by atoms with Gasteiger partial charge in [-0.15, -0.1) is 0 Å². The Morgan fingerprint density at radius 3 is 2.60 bits per heavy atom. The highest BCUT2D eigenvalue weighted by molar-refractivity contribution is 4.59. The molecule has 62 valence electrons. The molecule has 3 nitrogen and oxygen atoms in total. The van der Waals surface area contributed by atoms with E-state index in [0.717, 1.165) is 13.0 Å². The van der Waals surface area contributed by atoms with Gasteiger partial charge in [0.05, 0.1) is 6.10 Å². The van der Waals surface area contributed by atoms with Gasteiger partial charge < -0.3 is 15.7 Å². The molecule has 1 atom stereocenters. The molecule has 0 radical (unpaired) electrons. The van der Waals surface area contributed by atoms with Crippen molar-refractivity contribution in [1.82, 2.24) is 10.6 Å². The van der Waals surface area contributed by atoms with Crippen LogP contribution < -0.4 is 10.6 Å². The summed E-state index contributed by atoms with van der Waals surface area (Å²) in [5.74, 6) is 0. The first-order valence-corrected chi connectivity index (χ1v) is 3.84. The predicted molar refractivity (Wildman–Crippen MR) is 43.1 cm³/mol. The van der Waals surface area contributed by atoms with E-state index in [4.69, 9.17) is 5.11 Å². The second-order valence-electron chi connectivity index (χ2n) is 2.42. The third-order valence-electron chi connectivity index (χ3n) is 1.25. The highest BCUT2D eigenvalue weighted by atomic mass is 16.3. The van der Waals surface area contributed by atoms with Gasteiger partial charge in [-0.2, -0.15) is 0 Å². The molecule has 0 saturated carbocycles. The molecule has 0 heterocycles. The van der Waals surface area contributed by atoms with Crippen molar-refractivity contribution in [3.8, 4) is 0 Å². The average Bonchev–Trinajstić information content (AvgIpc) is 1.89. The molecule has 0 rings (SSSR count). The number of likely N-dealkylation sites (N-methyl/N-ethyl adjacent to an activating group) is 1. The number of aliphatic hydroxyl groups excluding tert-OH is 1. The summed E-state index contributed by atoms with van der Waals surface area (Å²) in [5.41, 5.74) is 0. The highest BCUT2D eigenvalue weighted by Gasteiger charge is 1.98. The summed E-state index contributed by atoms with van der Waals surface area (Å²) in [7, 11) is 1.84. The van der Waals surface area contributed by atoms with E-state index in [2.05, 4.69) is 17.6 Å². The molecule has 3 N–H and O–H groups in total. The van der Waals surface area contributed by atoms with Gasteiger partial charge in [0.15, 0.2) is 0 Å². The summed E-state index contributed by atoms with van der Waals surface area (Å²) in [6, 6.07) is 0. The number of nitrogens with one attached hydrogen (secondary N) is 2. The van der Waals surface area contributed by atoms with Crippen LogP contribution in [-0.4, -0.2) is 37.9 Å². The molecule has 0 aliphatic carbocycles. The van der Waals surface area contributed by atoms with E-state index in [1.807, 2.05) is 7.05 Å². The zero-order valence-corrected chi connectivity index (χ0v) is 6.85. The Balaban J connectivity index is 2.97. The van der Waals surface area contributed by atoms with Gasteiger partial charge in [0.1, 0.15) is 0 Å². The maximum atomic E-state index is 9.15. The van der Waals surface area contributed by atoms with Crippen LogP contribution in [0.5, 0.6) is 0 Å². The van der Waals surface area contributed by atoms with Crippen molar-refractivity contribution < 1.29 is 5.11 Å². The predicted octanol–water partition coefficient (Wildman–Crippen LogP) is -0.434. The lowest BCUT2D eigenvalue weighted by Gasteiger charge is -2.09. The van der Waals surface area contributed by atoms with Gasteiger partial charge in [0.25, 0.3) is 0 Å². The van der Waals surface area contributed by atoms with Crippen LogP contribution in [0.15, 0.2) is 0 Å². The fourth-order valence-corrected chi connectivity index (χ4v) is 0.753. The quantitative estimate of drug-likeness (QED) is 0.445. The zero-order chi connectivity index (χ0) is 7.82. The van der Waals surface area contributed by atoms with Gasteiger partial charge in [-0.05, 0) is 20.0 Å². The van der Waals surface area contributed by atoms with E-state index in [-0.39, 0.29) is 6.10 Å². The van der Waals surface area contributed by atoms with Gasteiger partial charge in [0, 0.05) is 13.1 Å². The van der Waals surface area contributed by atoms with Gasteiger partial charge in [-0.3, -0.25) is 0 Å². The zero-order valence-electron chi connectivity index (χ0n) is 6.85. The van der Waals surface area contributed by atoms with E-state index >= 15 is 0 Å². The van der Waals surface area contributed by atoms with Crippen molar-refractivity contribution in [2.45, 2.75) is 19.4 Å². The average molecular weight is 146 g/mol. The number of rotatable bonds is 6. The van der Waals surface area contributed by atoms with E-state index in [0.29, 0.717) is 13.1 Å². The molecule has 3 heteroatoms. The van der Waals surface area contributed by atoms with Crippen LogP contribution >= 0.6 is 0 Å². The summed E-state index contributed by atoms with van der Waals surface area (Å²) < 4.78 is 0.